The monoisotopic (exact) mass is 294 g/mol. The lowest BCUT2D eigenvalue weighted by molar-refractivity contribution is 0.144. The van der Waals surface area contributed by atoms with Crippen molar-refractivity contribution in [2.24, 2.45) is 12.0 Å². The van der Waals surface area contributed by atoms with Gasteiger partial charge in [-0.1, -0.05) is 0 Å². The quantitative estimate of drug-likeness (QED) is 0.431. The zero-order chi connectivity index (χ0) is 15.5. The third-order valence-corrected chi connectivity index (χ3v) is 3.31. The first-order valence-corrected chi connectivity index (χ1v) is 7.86. The van der Waals surface area contributed by atoms with Crippen LogP contribution in [-0.4, -0.2) is 48.8 Å². The van der Waals surface area contributed by atoms with Crippen LogP contribution in [0.5, 0.6) is 0 Å². The Hall–Kier alpha value is -1.49. The summed E-state index contributed by atoms with van der Waals surface area (Å²) in [7, 11) is 4.15. The van der Waals surface area contributed by atoms with Crippen LogP contribution in [-0.2, 0) is 18.3 Å². The molecule has 0 aliphatic carbocycles. The molecule has 1 rings (SSSR count). The first-order valence-electron chi connectivity index (χ1n) is 7.86. The second-order valence-electron chi connectivity index (χ2n) is 5.11. The molecule has 5 heteroatoms. The Labute approximate surface area is 129 Å². The minimum absolute atomic E-state index is 0.797. The van der Waals surface area contributed by atoms with Crippen LogP contribution < -0.4 is 5.32 Å². The average molecular weight is 294 g/mol. The van der Waals surface area contributed by atoms with Gasteiger partial charge in [-0.25, -0.2) is 0 Å². The SMILES string of the molecule is CCNC(=NCCCCOCC)N(C)Cc1cccn1C. The third kappa shape index (κ3) is 6.67. The highest BCUT2D eigenvalue weighted by Crippen LogP contribution is 2.04. The van der Waals surface area contributed by atoms with Crippen LogP contribution in [0.3, 0.4) is 0 Å². The Balaban J connectivity index is 2.45. The van der Waals surface area contributed by atoms with Crippen LogP contribution in [0.4, 0.5) is 0 Å². The predicted octanol–water partition coefficient (Wildman–Crippen LogP) is 2.24. The number of aryl methyl sites for hydroxylation is 1. The van der Waals surface area contributed by atoms with Gasteiger partial charge in [0.05, 0.1) is 6.54 Å². The van der Waals surface area contributed by atoms with Crippen LogP contribution >= 0.6 is 0 Å². The summed E-state index contributed by atoms with van der Waals surface area (Å²) in [6, 6.07) is 4.21. The van der Waals surface area contributed by atoms with E-state index in [1.54, 1.807) is 0 Å². The number of hydrogen-bond acceptors (Lipinski definition) is 2. The molecule has 0 unspecified atom stereocenters. The summed E-state index contributed by atoms with van der Waals surface area (Å²) in [5, 5.41) is 3.35. The van der Waals surface area contributed by atoms with Crippen LogP contribution in [0, 0.1) is 0 Å². The molecular weight excluding hydrogens is 264 g/mol. The van der Waals surface area contributed by atoms with Crippen LogP contribution in [0.1, 0.15) is 32.4 Å². The third-order valence-electron chi connectivity index (χ3n) is 3.31. The normalized spacial score (nSPS) is 11.7. The summed E-state index contributed by atoms with van der Waals surface area (Å²) in [6.07, 6.45) is 4.20. The fourth-order valence-electron chi connectivity index (χ4n) is 2.09. The van der Waals surface area contributed by atoms with E-state index in [2.05, 4.69) is 59.1 Å². The van der Waals surface area contributed by atoms with Crippen molar-refractivity contribution in [3.05, 3.63) is 24.0 Å². The lowest BCUT2D eigenvalue weighted by Gasteiger charge is -2.22. The molecule has 1 aromatic heterocycles. The van der Waals surface area contributed by atoms with E-state index in [0.29, 0.717) is 0 Å². The molecule has 0 spiro atoms. The first-order chi connectivity index (χ1) is 10.2. The number of hydrogen-bond donors (Lipinski definition) is 1. The van der Waals surface area contributed by atoms with E-state index in [9.17, 15) is 0 Å². The molecule has 0 saturated heterocycles. The maximum absolute atomic E-state index is 5.34. The van der Waals surface area contributed by atoms with E-state index in [1.165, 1.54) is 5.69 Å². The molecule has 0 aromatic carbocycles. The maximum atomic E-state index is 5.34. The van der Waals surface area contributed by atoms with E-state index in [4.69, 9.17) is 4.74 Å². The van der Waals surface area contributed by atoms with Gasteiger partial charge >= 0.3 is 0 Å². The van der Waals surface area contributed by atoms with Crippen molar-refractivity contribution < 1.29 is 4.74 Å². The lowest BCUT2D eigenvalue weighted by atomic mass is 10.3. The van der Waals surface area contributed by atoms with Crippen molar-refractivity contribution in [2.45, 2.75) is 33.2 Å². The number of guanidine groups is 1. The minimum atomic E-state index is 0.797. The maximum Gasteiger partial charge on any atom is 0.194 e. The molecule has 0 bridgehead atoms. The van der Waals surface area contributed by atoms with E-state index in [1.807, 2.05) is 6.92 Å². The number of aliphatic imine (C=N–C) groups is 1. The predicted molar refractivity (Wildman–Crippen MR) is 88.6 cm³/mol. The number of nitrogens with one attached hydrogen (secondary N) is 1. The van der Waals surface area contributed by atoms with Crippen LogP contribution in [0.2, 0.25) is 0 Å². The zero-order valence-electron chi connectivity index (χ0n) is 13.9. The fourth-order valence-corrected chi connectivity index (χ4v) is 2.09. The molecule has 1 N–H and O–H groups in total. The fraction of sp³-hybridized carbons (Fsp3) is 0.688. The highest BCUT2D eigenvalue weighted by Gasteiger charge is 2.07. The molecule has 0 amide bonds. The van der Waals surface area contributed by atoms with Gasteiger partial charge in [0.15, 0.2) is 5.96 Å². The van der Waals surface area contributed by atoms with E-state index in [0.717, 1.165) is 51.6 Å². The average Bonchev–Trinajstić information content (AvgIpc) is 2.86. The number of nitrogens with zero attached hydrogens (tertiary/aromatic N) is 3. The lowest BCUT2D eigenvalue weighted by Crippen LogP contribution is -2.38. The Morgan fingerprint density at radius 1 is 1.38 bits per heavy atom. The summed E-state index contributed by atoms with van der Waals surface area (Å²) in [5.74, 6) is 0.968. The largest absolute Gasteiger partial charge is 0.382 e. The van der Waals surface area contributed by atoms with Crippen molar-refractivity contribution in [3.63, 3.8) is 0 Å². The molecule has 0 radical (unpaired) electrons. The van der Waals surface area contributed by atoms with E-state index in [-0.39, 0.29) is 0 Å². The van der Waals surface area contributed by atoms with Gasteiger partial charge < -0.3 is 19.5 Å². The molecule has 0 aliphatic heterocycles. The summed E-state index contributed by atoms with van der Waals surface area (Å²) in [5.41, 5.74) is 1.28. The van der Waals surface area contributed by atoms with Gasteiger partial charge in [-0.05, 0) is 38.8 Å². The summed E-state index contributed by atoms with van der Waals surface area (Å²) in [4.78, 5) is 6.86. The molecule has 0 aliphatic rings. The highest BCUT2D eigenvalue weighted by atomic mass is 16.5. The molecule has 1 heterocycles. The topological polar surface area (TPSA) is 41.8 Å². The standard InChI is InChI=1S/C16H30N4O/c1-5-17-16(18-11-7-8-13-21-6-2)20(4)14-15-10-9-12-19(15)3/h9-10,12H,5-8,11,13-14H2,1-4H3,(H,17,18). The van der Waals surface area contributed by atoms with Gasteiger partial charge in [0.2, 0.25) is 0 Å². The van der Waals surface area contributed by atoms with Gasteiger partial charge in [-0.3, -0.25) is 4.99 Å². The van der Waals surface area contributed by atoms with Crippen molar-refractivity contribution >= 4 is 5.96 Å². The zero-order valence-corrected chi connectivity index (χ0v) is 13.9. The molecule has 0 atom stereocenters. The van der Waals surface area contributed by atoms with Gasteiger partial charge in [0.1, 0.15) is 0 Å². The molecular formula is C16H30N4O. The minimum Gasteiger partial charge on any atom is -0.382 e. The van der Waals surface area contributed by atoms with Crippen molar-refractivity contribution in [2.75, 3.05) is 33.4 Å². The van der Waals surface area contributed by atoms with Crippen LogP contribution in [0.25, 0.3) is 0 Å². The van der Waals surface area contributed by atoms with Crippen molar-refractivity contribution in [1.29, 1.82) is 0 Å². The van der Waals surface area contributed by atoms with Crippen molar-refractivity contribution in [1.82, 2.24) is 14.8 Å². The molecule has 1 aromatic rings. The molecule has 120 valence electrons. The molecule has 5 nitrogen and oxygen atoms in total. The molecule has 0 fully saturated rings. The van der Waals surface area contributed by atoms with E-state index >= 15 is 0 Å². The Morgan fingerprint density at radius 3 is 2.81 bits per heavy atom. The van der Waals surface area contributed by atoms with Gasteiger partial charge in [0.25, 0.3) is 0 Å². The van der Waals surface area contributed by atoms with Gasteiger partial charge in [0, 0.05) is 52.3 Å². The van der Waals surface area contributed by atoms with Gasteiger partial charge in [-0.15, -0.1) is 0 Å². The van der Waals surface area contributed by atoms with E-state index < -0.39 is 0 Å². The number of ether oxygens (including phenoxy) is 1. The van der Waals surface area contributed by atoms with Crippen molar-refractivity contribution in [3.8, 4) is 0 Å². The van der Waals surface area contributed by atoms with Crippen LogP contribution in [0.15, 0.2) is 23.3 Å². The smallest absolute Gasteiger partial charge is 0.194 e. The molecule has 21 heavy (non-hydrogen) atoms. The second-order valence-corrected chi connectivity index (χ2v) is 5.11. The Bertz CT molecular complexity index is 414. The number of unbranched alkanes of at least 4 members (excludes halogenated alkanes) is 1. The van der Waals surface area contributed by atoms with Gasteiger partial charge in [-0.2, -0.15) is 0 Å². The number of aromatic nitrogens is 1. The summed E-state index contributed by atoms with van der Waals surface area (Å²) in [6.45, 7) is 8.34. The Kier molecular flexibility index (Phi) is 8.59. The highest BCUT2D eigenvalue weighted by molar-refractivity contribution is 5.79. The second kappa shape index (κ2) is 10.3. The number of rotatable bonds is 9. The molecule has 0 saturated carbocycles. The summed E-state index contributed by atoms with van der Waals surface area (Å²) >= 11 is 0. The Morgan fingerprint density at radius 2 is 2.19 bits per heavy atom. The summed E-state index contributed by atoms with van der Waals surface area (Å²) < 4.78 is 7.48. The first kappa shape index (κ1) is 17.6.